The molecule has 0 radical (unpaired) electrons. The Morgan fingerprint density at radius 2 is 2.10 bits per heavy atom. The van der Waals surface area contributed by atoms with Gasteiger partial charge in [0.15, 0.2) is 5.13 Å². The Morgan fingerprint density at radius 3 is 2.86 bits per heavy atom. The highest BCUT2D eigenvalue weighted by Crippen LogP contribution is 2.31. The molecule has 1 aromatic carbocycles. The molecule has 2 fully saturated rings. The van der Waals surface area contributed by atoms with Gasteiger partial charge in [0.25, 0.3) is 0 Å². The third-order valence-electron chi connectivity index (χ3n) is 5.25. The predicted molar refractivity (Wildman–Crippen MR) is 115 cm³/mol. The lowest BCUT2D eigenvalue weighted by Gasteiger charge is -2.25. The van der Waals surface area contributed by atoms with Crippen LogP contribution in [0.25, 0.3) is 10.2 Å². The van der Waals surface area contributed by atoms with E-state index in [9.17, 15) is 13.2 Å². The second kappa shape index (κ2) is 8.55. The number of aromatic nitrogens is 1. The summed E-state index contributed by atoms with van der Waals surface area (Å²) in [6.45, 7) is 5.31. The van der Waals surface area contributed by atoms with Crippen molar-refractivity contribution in [2.24, 2.45) is 0 Å². The number of rotatable bonds is 6. The summed E-state index contributed by atoms with van der Waals surface area (Å²) in [5.74, 6) is -0.187. The summed E-state index contributed by atoms with van der Waals surface area (Å²) in [5, 5.41) is 3.87. The van der Waals surface area contributed by atoms with Crippen LogP contribution in [0.15, 0.2) is 18.2 Å². The van der Waals surface area contributed by atoms with E-state index in [2.05, 4.69) is 15.2 Å². The molecule has 0 spiro atoms. The highest BCUT2D eigenvalue weighted by atomic mass is 32.2. The molecule has 3 heterocycles. The number of carbonyl (C=O) groups is 1. The summed E-state index contributed by atoms with van der Waals surface area (Å²) in [6.07, 6.45) is 1.80. The maximum Gasteiger partial charge on any atom is 0.242 e. The first-order valence-corrected chi connectivity index (χ1v) is 12.4. The number of morpholine rings is 1. The Morgan fingerprint density at radius 1 is 1.31 bits per heavy atom. The molecule has 1 atom stereocenters. The van der Waals surface area contributed by atoms with E-state index in [1.165, 1.54) is 4.31 Å². The zero-order valence-electron chi connectivity index (χ0n) is 16.5. The van der Waals surface area contributed by atoms with Gasteiger partial charge in [-0.25, -0.2) is 13.4 Å². The molecule has 8 nitrogen and oxygen atoms in total. The lowest BCUT2D eigenvalue weighted by molar-refractivity contribution is -0.119. The highest BCUT2D eigenvalue weighted by Gasteiger charge is 2.38. The largest absolute Gasteiger partial charge is 0.378 e. The average molecular weight is 439 g/mol. The Kier molecular flexibility index (Phi) is 6.05. The van der Waals surface area contributed by atoms with Crippen molar-refractivity contribution >= 4 is 48.3 Å². The lowest BCUT2D eigenvalue weighted by Crippen LogP contribution is -2.44. The van der Waals surface area contributed by atoms with E-state index < -0.39 is 16.1 Å². The van der Waals surface area contributed by atoms with Gasteiger partial charge < -0.3 is 15.0 Å². The van der Waals surface area contributed by atoms with Crippen LogP contribution in [0, 0.1) is 0 Å². The SMILES string of the molecule is CCCS(=O)(=O)N1CCCC1C(=O)Nc1ccc2nc(N3CCOCC3)sc2c1. The standard InChI is InChI=1S/C19H26N4O4S2/c1-2-12-29(25,26)23-7-3-4-16(23)18(24)20-14-5-6-15-17(13-14)28-19(21-15)22-8-10-27-11-9-22/h5-6,13,16H,2-4,7-12H2,1H3,(H,20,24). The first-order valence-electron chi connectivity index (χ1n) is 10.0. The summed E-state index contributed by atoms with van der Waals surface area (Å²) in [6, 6.07) is 5.00. The number of nitrogens with one attached hydrogen (secondary N) is 1. The molecule has 0 aliphatic carbocycles. The molecule has 0 saturated carbocycles. The van der Waals surface area contributed by atoms with Crippen LogP contribution < -0.4 is 10.2 Å². The van der Waals surface area contributed by atoms with Crippen LogP contribution in [-0.4, -0.2) is 68.3 Å². The molecule has 2 aliphatic rings. The number of ether oxygens (including phenoxy) is 1. The molecule has 1 aromatic heterocycles. The first-order chi connectivity index (χ1) is 14.0. The molecule has 1 amide bonds. The number of nitrogens with zero attached hydrogens (tertiary/aromatic N) is 3. The van der Waals surface area contributed by atoms with Crippen molar-refractivity contribution in [3.8, 4) is 0 Å². The van der Waals surface area contributed by atoms with Gasteiger partial charge in [0, 0.05) is 25.3 Å². The average Bonchev–Trinajstić information content (AvgIpc) is 3.36. The zero-order valence-corrected chi connectivity index (χ0v) is 18.1. The van der Waals surface area contributed by atoms with Gasteiger partial charge in [-0.15, -0.1) is 0 Å². The van der Waals surface area contributed by atoms with Gasteiger partial charge in [-0.05, 0) is 37.5 Å². The lowest BCUT2D eigenvalue weighted by atomic mass is 10.2. The van der Waals surface area contributed by atoms with Crippen LogP contribution in [0.1, 0.15) is 26.2 Å². The summed E-state index contributed by atoms with van der Waals surface area (Å²) in [5.41, 5.74) is 1.56. The second-order valence-electron chi connectivity index (χ2n) is 7.35. The fourth-order valence-corrected chi connectivity index (χ4v) is 6.62. The molecule has 4 rings (SSSR count). The van der Waals surface area contributed by atoms with Gasteiger partial charge in [0.1, 0.15) is 6.04 Å². The molecule has 1 unspecified atom stereocenters. The van der Waals surface area contributed by atoms with Gasteiger partial charge in [-0.1, -0.05) is 18.3 Å². The molecule has 1 N–H and O–H groups in total. The smallest absolute Gasteiger partial charge is 0.242 e. The Labute approximate surface area is 174 Å². The zero-order chi connectivity index (χ0) is 20.4. The van der Waals surface area contributed by atoms with Gasteiger partial charge in [0.2, 0.25) is 15.9 Å². The number of benzene rings is 1. The van der Waals surface area contributed by atoms with Crippen molar-refractivity contribution < 1.29 is 17.9 Å². The van der Waals surface area contributed by atoms with E-state index in [0.29, 0.717) is 44.7 Å². The minimum Gasteiger partial charge on any atom is -0.378 e. The van der Waals surface area contributed by atoms with E-state index >= 15 is 0 Å². The molecular weight excluding hydrogens is 412 g/mol. The van der Waals surface area contributed by atoms with Crippen molar-refractivity contribution in [3.63, 3.8) is 0 Å². The predicted octanol–water partition coefficient (Wildman–Crippen LogP) is 2.28. The summed E-state index contributed by atoms with van der Waals surface area (Å²) in [7, 11) is -3.39. The number of fused-ring (bicyclic) bond motifs is 1. The monoisotopic (exact) mass is 438 g/mol. The normalized spacial score (nSPS) is 21.0. The quantitative estimate of drug-likeness (QED) is 0.744. The van der Waals surface area contributed by atoms with Crippen LogP contribution in [-0.2, 0) is 19.6 Å². The third-order valence-corrected chi connectivity index (χ3v) is 8.41. The Bertz CT molecular complexity index is 985. The number of carbonyl (C=O) groups excluding carboxylic acids is 1. The van der Waals surface area contributed by atoms with Crippen LogP contribution in [0.2, 0.25) is 0 Å². The second-order valence-corrected chi connectivity index (χ2v) is 10.4. The Hall–Kier alpha value is -1.75. The molecule has 2 saturated heterocycles. The molecule has 0 bridgehead atoms. The third kappa shape index (κ3) is 4.40. The van der Waals surface area contributed by atoms with Crippen molar-refractivity contribution in [2.75, 3.05) is 48.8 Å². The minimum atomic E-state index is -3.39. The summed E-state index contributed by atoms with van der Waals surface area (Å²) in [4.78, 5) is 19.7. The number of anilines is 2. The maximum absolute atomic E-state index is 12.8. The van der Waals surface area contributed by atoms with E-state index in [4.69, 9.17) is 4.74 Å². The van der Waals surface area contributed by atoms with Crippen molar-refractivity contribution in [1.82, 2.24) is 9.29 Å². The van der Waals surface area contributed by atoms with Gasteiger partial charge >= 0.3 is 0 Å². The number of sulfonamides is 1. The van der Waals surface area contributed by atoms with Crippen molar-refractivity contribution in [1.29, 1.82) is 0 Å². The van der Waals surface area contributed by atoms with E-state index in [1.54, 1.807) is 11.3 Å². The fraction of sp³-hybridized carbons (Fsp3) is 0.579. The fourth-order valence-electron chi connectivity index (χ4n) is 3.82. The van der Waals surface area contributed by atoms with Gasteiger partial charge in [-0.2, -0.15) is 4.31 Å². The maximum atomic E-state index is 12.8. The van der Waals surface area contributed by atoms with Crippen LogP contribution in [0.4, 0.5) is 10.8 Å². The van der Waals surface area contributed by atoms with E-state index in [1.807, 2.05) is 25.1 Å². The topological polar surface area (TPSA) is 91.8 Å². The van der Waals surface area contributed by atoms with Crippen molar-refractivity contribution in [3.05, 3.63) is 18.2 Å². The van der Waals surface area contributed by atoms with E-state index in [-0.39, 0.29) is 11.7 Å². The summed E-state index contributed by atoms with van der Waals surface area (Å²) >= 11 is 1.59. The molecule has 29 heavy (non-hydrogen) atoms. The summed E-state index contributed by atoms with van der Waals surface area (Å²) < 4.78 is 32.7. The van der Waals surface area contributed by atoms with Crippen molar-refractivity contribution in [2.45, 2.75) is 32.2 Å². The van der Waals surface area contributed by atoms with Gasteiger partial charge in [0.05, 0.1) is 29.2 Å². The van der Waals surface area contributed by atoms with Gasteiger partial charge in [-0.3, -0.25) is 4.79 Å². The van der Waals surface area contributed by atoms with Crippen LogP contribution >= 0.6 is 11.3 Å². The molecule has 158 valence electrons. The first kappa shape index (κ1) is 20.5. The Balaban J connectivity index is 1.49. The van der Waals surface area contributed by atoms with Crippen LogP contribution in [0.5, 0.6) is 0 Å². The van der Waals surface area contributed by atoms with E-state index in [0.717, 1.165) is 28.4 Å². The number of thiazole rings is 1. The number of amides is 1. The highest BCUT2D eigenvalue weighted by molar-refractivity contribution is 7.89. The molecule has 10 heteroatoms. The molecular formula is C19H26N4O4S2. The minimum absolute atomic E-state index is 0.0773. The van der Waals surface area contributed by atoms with Crippen LogP contribution in [0.3, 0.4) is 0 Å². The molecule has 2 aromatic rings. The number of hydrogen-bond acceptors (Lipinski definition) is 7. The number of hydrogen-bond donors (Lipinski definition) is 1. The molecule has 2 aliphatic heterocycles.